The standard InChI is InChI=1S/C21H20N2O3S/c24-20(25)14-16(21-22-18-3-1-2-4-19(18)27-21)13-15-5-7-17(8-6-15)23-9-11-26-12-10-23/h1-8,13H,9-12,14H2,(H,24,25)/b16-13+. The molecule has 5 nitrogen and oxygen atoms in total. The molecule has 4 rings (SSSR count). The highest BCUT2D eigenvalue weighted by molar-refractivity contribution is 7.19. The first-order valence-corrected chi connectivity index (χ1v) is 9.72. The highest BCUT2D eigenvalue weighted by atomic mass is 32.1. The van der Waals surface area contributed by atoms with Crippen LogP contribution in [0.3, 0.4) is 0 Å². The van der Waals surface area contributed by atoms with Crippen molar-refractivity contribution in [3.05, 3.63) is 59.1 Å². The second-order valence-corrected chi connectivity index (χ2v) is 7.45. The summed E-state index contributed by atoms with van der Waals surface area (Å²) in [5.41, 5.74) is 3.76. The van der Waals surface area contributed by atoms with Crippen LogP contribution in [0.25, 0.3) is 21.9 Å². The van der Waals surface area contributed by atoms with Crippen molar-refractivity contribution >= 4 is 44.9 Å². The lowest BCUT2D eigenvalue weighted by molar-refractivity contribution is -0.135. The van der Waals surface area contributed by atoms with E-state index in [9.17, 15) is 9.90 Å². The Kier molecular flexibility index (Phi) is 5.18. The molecule has 1 aromatic heterocycles. The quantitative estimate of drug-likeness (QED) is 0.720. The third kappa shape index (κ3) is 4.18. The van der Waals surface area contributed by atoms with Crippen molar-refractivity contribution in [2.75, 3.05) is 31.2 Å². The lowest BCUT2D eigenvalue weighted by Gasteiger charge is -2.28. The molecule has 2 aromatic carbocycles. The molecule has 1 aliphatic rings. The zero-order valence-electron chi connectivity index (χ0n) is 14.8. The molecule has 1 N–H and O–H groups in total. The summed E-state index contributed by atoms with van der Waals surface area (Å²) in [6.45, 7) is 3.29. The molecule has 0 amide bonds. The average molecular weight is 380 g/mol. The molecule has 0 unspecified atom stereocenters. The number of aromatic nitrogens is 1. The molecule has 138 valence electrons. The maximum Gasteiger partial charge on any atom is 0.307 e. The zero-order chi connectivity index (χ0) is 18.6. The number of rotatable bonds is 5. The number of nitrogens with zero attached hydrogens (tertiary/aromatic N) is 2. The SMILES string of the molecule is O=C(O)C/C(=C\c1ccc(N2CCOCC2)cc1)c1nc2ccccc2s1. The van der Waals surface area contributed by atoms with Crippen molar-refractivity contribution in [2.45, 2.75) is 6.42 Å². The van der Waals surface area contributed by atoms with Crippen molar-refractivity contribution in [2.24, 2.45) is 0 Å². The highest BCUT2D eigenvalue weighted by Crippen LogP contribution is 2.30. The normalized spacial score (nSPS) is 15.3. The van der Waals surface area contributed by atoms with Gasteiger partial charge in [-0.05, 0) is 41.5 Å². The molecule has 0 saturated carbocycles. The monoisotopic (exact) mass is 380 g/mol. The molecule has 0 atom stereocenters. The number of morpholine rings is 1. The van der Waals surface area contributed by atoms with Crippen molar-refractivity contribution in [1.82, 2.24) is 4.98 Å². The molecule has 0 aliphatic carbocycles. The van der Waals surface area contributed by atoms with Gasteiger partial charge in [0, 0.05) is 18.8 Å². The van der Waals surface area contributed by atoms with Crippen LogP contribution in [-0.4, -0.2) is 42.4 Å². The van der Waals surface area contributed by atoms with Gasteiger partial charge in [0.25, 0.3) is 0 Å². The third-order valence-corrected chi connectivity index (χ3v) is 5.63. The number of thiazole rings is 1. The Hall–Kier alpha value is -2.70. The number of carboxylic acids is 1. The lowest BCUT2D eigenvalue weighted by Crippen LogP contribution is -2.36. The highest BCUT2D eigenvalue weighted by Gasteiger charge is 2.14. The molecule has 27 heavy (non-hydrogen) atoms. The molecular weight excluding hydrogens is 360 g/mol. The first-order valence-electron chi connectivity index (χ1n) is 8.90. The van der Waals surface area contributed by atoms with Crippen LogP contribution in [0.15, 0.2) is 48.5 Å². The number of hydrogen-bond acceptors (Lipinski definition) is 5. The number of aliphatic carboxylic acids is 1. The molecule has 1 saturated heterocycles. The Labute approximate surface area is 161 Å². The van der Waals surface area contributed by atoms with Crippen molar-refractivity contribution in [1.29, 1.82) is 0 Å². The van der Waals surface area contributed by atoms with E-state index < -0.39 is 5.97 Å². The summed E-state index contributed by atoms with van der Waals surface area (Å²) in [6, 6.07) is 16.1. The Morgan fingerprint density at radius 2 is 1.89 bits per heavy atom. The van der Waals surface area contributed by atoms with Crippen LogP contribution in [0.5, 0.6) is 0 Å². The average Bonchev–Trinajstić information content (AvgIpc) is 3.13. The van der Waals surface area contributed by atoms with Gasteiger partial charge in [0.1, 0.15) is 5.01 Å². The number of para-hydroxylation sites is 1. The maximum absolute atomic E-state index is 11.4. The maximum atomic E-state index is 11.4. The summed E-state index contributed by atoms with van der Waals surface area (Å²) >= 11 is 1.53. The first kappa shape index (κ1) is 17.7. The van der Waals surface area contributed by atoms with Crippen LogP contribution in [0.4, 0.5) is 5.69 Å². The number of anilines is 1. The molecule has 3 aromatic rings. The second kappa shape index (κ2) is 7.90. The van der Waals surface area contributed by atoms with Crippen LogP contribution in [0, 0.1) is 0 Å². The molecule has 0 spiro atoms. The zero-order valence-corrected chi connectivity index (χ0v) is 15.6. The fraction of sp³-hybridized carbons (Fsp3) is 0.238. The number of hydrogen-bond donors (Lipinski definition) is 1. The van der Waals surface area contributed by atoms with Gasteiger partial charge < -0.3 is 14.7 Å². The van der Waals surface area contributed by atoms with E-state index in [1.165, 1.54) is 11.3 Å². The minimum atomic E-state index is -0.856. The predicted octanol–water partition coefficient (Wildman–Crippen LogP) is 4.15. The van der Waals surface area contributed by atoms with E-state index in [0.717, 1.165) is 58.4 Å². The lowest BCUT2D eigenvalue weighted by atomic mass is 10.1. The van der Waals surface area contributed by atoms with Crippen LogP contribution in [-0.2, 0) is 9.53 Å². The van der Waals surface area contributed by atoms with Gasteiger partial charge in [-0.2, -0.15) is 0 Å². The van der Waals surface area contributed by atoms with Gasteiger partial charge in [0.15, 0.2) is 0 Å². The molecule has 0 bridgehead atoms. The van der Waals surface area contributed by atoms with Gasteiger partial charge in [0.2, 0.25) is 0 Å². The number of ether oxygens (including phenoxy) is 1. The number of carbonyl (C=O) groups is 1. The molecular formula is C21H20N2O3S. The van der Waals surface area contributed by atoms with E-state index in [0.29, 0.717) is 0 Å². The summed E-state index contributed by atoms with van der Waals surface area (Å²) in [6.07, 6.45) is 1.87. The molecule has 2 heterocycles. The van der Waals surface area contributed by atoms with Crippen LogP contribution < -0.4 is 4.90 Å². The Morgan fingerprint density at radius 3 is 2.59 bits per heavy atom. The van der Waals surface area contributed by atoms with E-state index >= 15 is 0 Å². The van der Waals surface area contributed by atoms with Gasteiger partial charge in [-0.3, -0.25) is 4.79 Å². The molecule has 6 heteroatoms. The summed E-state index contributed by atoms with van der Waals surface area (Å²) < 4.78 is 6.46. The molecule has 1 aliphatic heterocycles. The number of benzene rings is 2. The van der Waals surface area contributed by atoms with Gasteiger partial charge in [-0.25, -0.2) is 4.98 Å². The minimum absolute atomic E-state index is 0.0506. The van der Waals surface area contributed by atoms with E-state index in [1.54, 1.807) is 0 Å². The first-order chi connectivity index (χ1) is 13.2. The van der Waals surface area contributed by atoms with Gasteiger partial charge >= 0.3 is 5.97 Å². The van der Waals surface area contributed by atoms with Gasteiger partial charge in [-0.15, -0.1) is 11.3 Å². The minimum Gasteiger partial charge on any atom is -0.481 e. The Bertz CT molecular complexity index is 940. The van der Waals surface area contributed by atoms with E-state index in [2.05, 4.69) is 22.0 Å². The van der Waals surface area contributed by atoms with E-state index in [4.69, 9.17) is 4.74 Å². The molecule has 0 radical (unpaired) electrons. The fourth-order valence-electron chi connectivity index (χ4n) is 3.16. The Balaban J connectivity index is 1.63. The van der Waals surface area contributed by atoms with Crippen LogP contribution >= 0.6 is 11.3 Å². The largest absolute Gasteiger partial charge is 0.481 e. The summed E-state index contributed by atoms with van der Waals surface area (Å²) in [4.78, 5) is 18.3. The van der Waals surface area contributed by atoms with Crippen molar-refractivity contribution in [3.63, 3.8) is 0 Å². The predicted molar refractivity (Wildman–Crippen MR) is 109 cm³/mol. The van der Waals surface area contributed by atoms with Crippen LogP contribution in [0.2, 0.25) is 0 Å². The second-order valence-electron chi connectivity index (χ2n) is 6.42. The summed E-state index contributed by atoms with van der Waals surface area (Å²) in [5.74, 6) is -0.856. The van der Waals surface area contributed by atoms with Crippen molar-refractivity contribution < 1.29 is 14.6 Å². The van der Waals surface area contributed by atoms with Crippen molar-refractivity contribution in [3.8, 4) is 0 Å². The third-order valence-electron chi connectivity index (χ3n) is 4.52. The van der Waals surface area contributed by atoms with E-state index in [-0.39, 0.29) is 6.42 Å². The number of fused-ring (bicyclic) bond motifs is 1. The molecule has 1 fully saturated rings. The van der Waals surface area contributed by atoms with E-state index in [1.807, 2.05) is 42.5 Å². The smallest absolute Gasteiger partial charge is 0.307 e. The summed E-state index contributed by atoms with van der Waals surface area (Å²) in [7, 11) is 0. The van der Waals surface area contributed by atoms with Gasteiger partial charge in [-0.1, -0.05) is 24.3 Å². The Morgan fingerprint density at radius 1 is 1.15 bits per heavy atom. The van der Waals surface area contributed by atoms with Crippen LogP contribution in [0.1, 0.15) is 17.0 Å². The fourth-order valence-corrected chi connectivity index (χ4v) is 4.14. The number of carboxylic acid groups (broad SMARTS) is 1. The van der Waals surface area contributed by atoms with Gasteiger partial charge in [0.05, 0.1) is 29.9 Å². The topological polar surface area (TPSA) is 62.7 Å². The summed E-state index contributed by atoms with van der Waals surface area (Å²) in [5, 5.41) is 10.1.